The second-order valence-electron chi connectivity index (χ2n) is 4.11. The highest BCUT2D eigenvalue weighted by atomic mass is 79.9. The van der Waals surface area contributed by atoms with Crippen LogP contribution in [0.5, 0.6) is 5.75 Å². The third kappa shape index (κ3) is 2.23. The molecule has 0 saturated heterocycles. The molecule has 0 aromatic heterocycles. The first kappa shape index (κ1) is 11.9. The van der Waals surface area contributed by atoms with Crippen LogP contribution in [0.2, 0.25) is 0 Å². The molecule has 0 radical (unpaired) electrons. The van der Waals surface area contributed by atoms with E-state index in [2.05, 4.69) is 21.2 Å². The van der Waals surface area contributed by atoms with Crippen molar-refractivity contribution in [2.75, 3.05) is 14.2 Å². The van der Waals surface area contributed by atoms with Gasteiger partial charge in [-0.1, -0.05) is 0 Å². The predicted octanol–water partition coefficient (Wildman–Crippen LogP) is 3.27. The maximum absolute atomic E-state index is 13.4. The molecule has 2 rings (SSSR count). The van der Waals surface area contributed by atoms with Crippen LogP contribution in [0, 0.1) is 11.7 Å². The van der Waals surface area contributed by atoms with Gasteiger partial charge < -0.3 is 10.1 Å². The summed E-state index contributed by atoms with van der Waals surface area (Å²) >= 11 is 3.22. The summed E-state index contributed by atoms with van der Waals surface area (Å²) in [6, 6.07) is 3.51. The Kier molecular flexibility index (Phi) is 3.50. The Hall–Kier alpha value is -0.610. The van der Waals surface area contributed by atoms with E-state index >= 15 is 0 Å². The number of ether oxygens (including phenoxy) is 1. The SMILES string of the molecule is CNC(c1cc(Br)c(F)cc1OC)C1CC1. The van der Waals surface area contributed by atoms with Crippen molar-refractivity contribution < 1.29 is 9.13 Å². The minimum absolute atomic E-state index is 0.256. The minimum atomic E-state index is -0.286. The van der Waals surface area contributed by atoms with Gasteiger partial charge in [-0.3, -0.25) is 0 Å². The van der Waals surface area contributed by atoms with Crippen LogP contribution >= 0.6 is 15.9 Å². The quantitative estimate of drug-likeness (QED) is 0.918. The molecule has 88 valence electrons. The van der Waals surface area contributed by atoms with Gasteiger partial charge in [0.2, 0.25) is 0 Å². The summed E-state index contributed by atoms with van der Waals surface area (Å²) in [6.07, 6.45) is 2.45. The van der Waals surface area contributed by atoms with Crippen molar-refractivity contribution in [3.63, 3.8) is 0 Å². The molecule has 1 aromatic rings. The van der Waals surface area contributed by atoms with Gasteiger partial charge in [0, 0.05) is 17.7 Å². The molecule has 0 heterocycles. The highest BCUT2D eigenvalue weighted by Gasteiger charge is 2.33. The molecule has 0 bridgehead atoms. The first-order valence-electron chi connectivity index (χ1n) is 5.37. The van der Waals surface area contributed by atoms with Crippen LogP contribution in [0.4, 0.5) is 4.39 Å². The van der Waals surface area contributed by atoms with Crippen LogP contribution in [0.3, 0.4) is 0 Å². The molecule has 2 nitrogen and oxygen atoms in total. The number of hydrogen-bond acceptors (Lipinski definition) is 2. The monoisotopic (exact) mass is 287 g/mol. The van der Waals surface area contributed by atoms with Gasteiger partial charge in [-0.2, -0.15) is 0 Å². The lowest BCUT2D eigenvalue weighted by molar-refractivity contribution is 0.392. The van der Waals surface area contributed by atoms with Gasteiger partial charge in [0.25, 0.3) is 0 Å². The molecule has 1 saturated carbocycles. The van der Waals surface area contributed by atoms with E-state index in [0.29, 0.717) is 16.1 Å². The summed E-state index contributed by atoms with van der Waals surface area (Å²) in [5.74, 6) is 0.981. The topological polar surface area (TPSA) is 21.3 Å². The molecule has 1 aromatic carbocycles. The largest absolute Gasteiger partial charge is 0.496 e. The van der Waals surface area contributed by atoms with Crippen molar-refractivity contribution in [3.05, 3.63) is 28.0 Å². The van der Waals surface area contributed by atoms with Crippen LogP contribution < -0.4 is 10.1 Å². The Morgan fingerprint density at radius 2 is 2.19 bits per heavy atom. The van der Waals surface area contributed by atoms with Crippen LogP contribution in [0.25, 0.3) is 0 Å². The lowest BCUT2D eigenvalue weighted by atomic mass is 10.0. The average Bonchev–Trinajstić information content (AvgIpc) is 3.08. The number of methoxy groups -OCH3 is 1. The maximum atomic E-state index is 13.4. The summed E-state index contributed by atoms with van der Waals surface area (Å²) in [5, 5.41) is 3.28. The Balaban J connectivity index is 2.40. The zero-order chi connectivity index (χ0) is 11.7. The van der Waals surface area contributed by atoms with Crippen LogP contribution in [0.15, 0.2) is 16.6 Å². The Morgan fingerprint density at radius 3 is 2.69 bits per heavy atom. The Labute approximate surface area is 103 Å². The van der Waals surface area contributed by atoms with Crippen molar-refractivity contribution >= 4 is 15.9 Å². The summed E-state index contributed by atoms with van der Waals surface area (Å²) in [4.78, 5) is 0. The zero-order valence-electron chi connectivity index (χ0n) is 9.39. The van der Waals surface area contributed by atoms with E-state index in [0.717, 1.165) is 5.56 Å². The fraction of sp³-hybridized carbons (Fsp3) is 0.500. The van der Waals surface area contributed by atoms with Crippen molar-refractivity contribution in [2.45, 2.75) is 18.9 Å². The standard InChI is InChI=1S/C12H15BrFNO/c1-15-12(7-3-4-7)8-5-9(13)10(14)6-11(8)16-2/h5-7,12,15H,3-4H2,1-2H3. The second-order valence-corrected chi connectivity index (χ2v) is 4.97. The lowest BCUT2D eigenvalue weighted by Crippen LogP contribution is -2.19. The fourth-order valence-corrected chi connectivity index (χ4v) is 2.40. The van der Waals surface area contributed by atoms with Gasteiger partial charge in [-0.25, -0.2) is 4.39 Å². The predicted molar refractivity (Wildman–Crippen MR) is 65.2 cm³/mol. The van der Waals surface area contributed by atoms with E-state index in [1.54, 1.807) is 7.11 Å². The first-order valence-corrected chi connectivity index (χ1v) is 6.17. The Bertz CT molecular complexity index is 393. The summed E-state index contributed by atoms with van der Waals surface area (Å²) in [5.41, 5.74) is 1.03. The van der Waals surface area contributed by atoms with Crippen molar-refractivity contribution in [1.29, 1.82) is 0 Å². The third-order valence-corrected chi connectivity index (χ3v) is 3.62. The van der Waals surface area contributed by atoms with E-state index in [-0.39, 0.29) is 11.9 Å². The summed E-state index contributed by atoms with van der Waals surface area (Å²) < 4.78 is 19.1. The number of benzene rings is 1. The van der Waals surface area contributed by atoms with Gasteiger partial charge in [-0.05, 0) is 47.8 Å². The van der Waals surface area contributed by atoms with Crippen LogP contribution in [-0.2, 0) is 0 Å². The molecule has 4 heteroatoms. The zero-order valence-corrected chi connectivity index (χ0v) is 11.0. The molecular weight excluding hydrogens is 273 g/mol. The van der Waals surface area contributed by atoms with E-state index in [4.69, 9.17) is 4.74 Å². The smallest absolute Gasteiger partial charge is 0.141 e. The molecule has 1 atom stereocenters. The highest BCUT2D eigenvalue weighted by Crippen LogP contribution is 2.44. The van der Waals surface area contributed by atoms with Crippen LogP contribution in [-0.4, -0.2) is 14.2 Å². The second kappa shape index (κ2) is 4.72. The van der Waals surface area contributed by atoms with Gasteiger partial charge in [-0.15, -0.1) is 0 Å². The molecule has 1 unspecified atom stereocenters. The summed E-state index contributed by atoms with van der Waals surface area (Å²) in [6.45, 7) is 0. The van der Waals surface area contributed by atoms with E-state index in [9.17, 15) is 4.39 Å². The normalized spacial score (nSPS) is 17.2. The molecule has 1 N–H and O–H groups in total. The molecular formula is C12H15BrFNO. The molecule has 1 aliphatic rings. The summed E-state index contributed by atoms with van der Waals surface area (Å²) in [7, 11) is 3.51. The van der Waals surface area contributed by atoms with Crippen molar-refractivity contribution in [1.82, 2.24) is 5.32 Å². The average molecular weight is 288 g/mol. The highest BCUT2D eigenvalue weighted by molar-refractivity contribution is 9.10. The van der Waals surface area contributed by atoms with Gasteiger partial charge >= 0.3 is 0 Å². The third-order valence-electron chi connectivity index (χ3n) is 3.01. The van der Waals surface area contributed by atoms with E-state index in [1.165, 1.54) is 18.9 Å². The van der Waals surface area contributed by atoms with Gasteiger partial charge in [0.1, 0.15) is 11.6 Å². The Morgan fingerprint density at radius 1 is 1.50 bits per heavy atom. The maximum Gasteiger partial charge on any atom is 0.141 e. The molecule has 0 spiro atoms. The minimum Gasteiger partial charge on any atom is -0.496 e. The van der Waals surface area contributed by atoms with Gasteiger partial charge in [0.05, 0.1) is 11.6 Å². The lowest BCUT2D eigenvalue weighted by Gasteiger charge is -2.19. The van der Waals surface area contributed by atoms with E-state index in [1.807, 2.05) is 13.1 Å². The number of nitrogens with one attached hydrogen (secondary N) is 1. The molecule has 0 amide bonds. The molecule has 1 aliphatic carbocycles. The van der Waals surface area contributed by atoms with E-state index < -0.39 is 0 Å². The number of halogens is 2. The fourth-order valence-electron chi connectivity index (χ4n) is 2.04. The number of hydrogen-bond donors (Lipinski definition) is 1. The van der Waals surface area contributed by atoms with Crippen LogP contribution in [0.1, 0.15) is 24.4 Å². The molecule has 0 aliphatic heterocycles. The molecule has 16 heavy (non-hydrogen) atoms. The van der Waals surface area contributed by atoms with Gasteiger partial charge in [0.15, 0.2) is 0 Å². The first-order chi connectivity index (χ1) is 7.67. The number of rotatable bonds is 4. The van der Waals surface area contributed by atoms with Crippen molar-refractivity contribution in [3.8, 4) is 5.75 Å². The molecule has 1 fully saturated rings. The van der Waals surface area contributed by atoms with Crippen molar-refractivity contribution in [2.24, 2.45) is 5.92 Å².